The van der Waals surface area contributed by atoms with Crippen LogP contribution in [0.4, 0.5) is 0 Å². The van der Waals surface area contributed by atoms with Crippen molar-refractivity contribution in [3.05, 3.63) is 0 Å². The molecule has 1 N–H and O–H groups in total. The normalized spacial score (nSPS) is 32.8. The summed E-state index contributed by atoms with van der Waals surface area (Å²) in [4.78, 5) is 2.38. The van der Waals surface area contributed by atoms with Gasteiger partial charge in [-0.2, -0.15) is 0 Å². The van der Waals surface area contributed by atoms with E-state index in [-0.39, 0.29) is 0 Å². The summed E-state index contributed by atoms with van der Waals surface area (Å²) >= 11 is 0. The Morgan fingerprint density at radius 1 is 1.33 bits per heavy atom. The quantitative estimate of drug-likeness (QED) is 0.752. The number of ether oxygens (including phenoxy) is 1. The minimum atomic E-state index is -0.399. The van der Waals surface area contributed by atoms with Gasteiger partial charge in [-0.1, -0.05) is 12.8 Å². The zero-order valence-electron chi connectivity index (χ0n) is 9.74. The molecular formula is C12H23NO2. The molecule has 1 aliphatic heterocycles. The highest BCUT2D eigenvalue weighted by Crippen LogP contribution is 2.30. The predicted molar refractivity (Wildman–Crippen MR) is 59.9 cm³/mol. The molecular weight excluding hydrogens is 190 g/mol. The van der Waals surface area contributed by atoms with E-state index in [1.807, 2.05) is 0 Å². The summed E-state index contributed by atoms with van der Waals surface area (Å²) in [7, 11) is 0. The van der Waals surface area contributed by atoms with Crippen molar-refractivity contribution in [2.75, 3.05) is 26.2 Å². The highest BCUT2D eigenvalue weighted by molar-refractivity contribution is 4.88. The van der Waals surface area contributed by atoms with Gasteiger partial charge in [-0.25, -0.2) is 0 Å². The van der Waals surface area contributed by atoms with Gasteiger partial charge in [0.25, 0.3) is 0 Å². The summed E-state index contributed by atoms with van der Waals surface area (Å²) in [5.41, 5.74) is -0.399. The second kappa shape index (κ2) is 4.81. The van der Waals surface area contributed by atoms with Crippen molar-refractivity contribution in [2.45, 2.75) is 50.7 Å². The standard InChI is InChI=1S/C12H23NO2/c1-11-9-13(7-4-8-15-11)10-12(14)5-2-3-6-12/h11,14H,2-10H2,1H3. The maximum absolute atomic E-state index is 10.3. The predicted octanol–water partition coefficient (Wildman–Crippen LogP) is 1.40. The summed E-state index contributed by atoms with van der Waals surface area (Å²) < 4.78 is 5.61. The van der Waals surface area contributed by atoms with Gasteiger partial charge in [0.2, 0.25) is 0 Å². The summed E-state index contributed by atoms with van der Waals surface area (Å²) in [6.45, 7) is 5.89. The number of β-amino-alcohol motifs (C(OH)–C–C–N with tert-alkyl or cyclic N) is 1. The van der Waals surface area contributed by atoms with E-state index in [1.165, 1.54) is 12.8 Å². The van der Waals surface area contributed by atoms with Crippen LogP contribution in [-0.4, -0.2) is 48.0 Å². The van der Waals surface area contributed by atoms with E-state index in [0.717, 1.165) is 45.5 Å². The lowest BCUT2D eigenvalue weighted by Crippen LogP contribution is -2.43. The molecule has 1 atom stereocenters. The fraction of sp³-hybridized carbons (Fsp3) is 1.00. The smallest absolute Gasteiger partial charge is 0.0774 e. The van der Waals surface area contributed by atoms with E-state index < -0.39 is 5.60 Å². The van der Waals surface area contributed by atoms with Crippen LogP contribution in [0.25, 0.3) is 0 Å². The minimum absolute atomic E-state index is 0.317. The average Bonchev–Trinajstić information content (AvgIpc) is 2.49. The van der Waals surface area contributed by atoms with E-state index >= 15 is 0 Å². The Morgan fingerprint density at radius 3 is 2.80 bits per heavy atom. The minimum Gasteiger partial charge on any atom is -0.389 e. The second-order valence-corrected chi connectivity index (χ2v) is 5.20. The van der Waals surface area contributed by atoms with Crippen LogP contribution in [0.3, 0.4) is 0 Å². The maximum atomic E-state index is 10.3. The molecule has 1 unspecified atom stereocenters. The third-order valence-electron chi connectivity index (χ3n) is 3.59. The van der Waals surface area contributed by atoms with Crippen molar-refractivity contribution in [3.63, 3.8) is 0 Å². The molecule has 0 bridgehead atoms. The number of aliphatic hydroxyl groups is 1. The Bertz CT molecular complexity index is 202. The lowest BCUT2D eigenvalue weighted by molar-refractivity contribution is 0.00109. The van der Waals surface area contributed by atoms with E-state index in [1.54, 1.807) is 0 Å². The third-order valence-corrected chi connectivity index (χ3v) is 3.59. The molecule has 0 aromatic heterocycles. The van der Waals surface area contributed by atoms with Crippen molar-refractivity contribution in [2.24, 2.45) is 0 Å². The molecule has 1 aliphatic carbocycles. The van der Waals surface area contributed by atoms with Gasteiger partial charge in [-0.3, -0.25) is 4.90 Å². The van der Waals surface area contributed by atoms with Crippen LogP contribution in [-0.2, 0) is 4.74 Å². The average molecular weight is 213 g/mol. The molecule has 1 saturated heterocycles. The lowest BCUT2D eigenvalue weighted by Gasteiger charge is -2.31. The van der Waals surface area contributed by atoms with Crippen LogP contribution in [0, 0.1) is 0 Å². The van der Waals surface area contributed by atoms with Gasteiger partial charge in [0, 0.05) is 26.2 Å². The molecule has 0 aromatic rings. The molecule has 3 heteroatoms. The second-order valence-electron chi connectivity index (χ2n) is 5.20. The topological polar surface area (TPSA) is 32.7 Å². The van der Waals surface area contributed by atoms with Crippen LogP contribution in [0.5, 0.6) is 0 Å². The fourth-order valence-corrected chi connectivity index (χ4v) is 2.83. The van der Waals surface area contributed by atoms with Crippen molar-refractivity contribution in [1.82, 2.24) is 4.90 Å². The van der Waals surface area contributed by atoms with Crippen LogP contribution >= 0.6 is 0 Å². The molecule has 2 rings (SSSR count). The van der Waals surface area contributed by atoms with Gasteiger partial charge in [-0.15, -0.1) is 0 Å². The molecule has 88 valence electrons. The molecule has 0 radical (unpaired) electrons. The van der Waals surface area contributed by atoms with E-state index in [2.05, 4.69) is 11.8 Å². The Balaban J connectivity index is 1.86. The van der Waals surface area contributed by atoms with E-state index in [4.69, 9.17) is 4.74 Å². The Hall–Kier alpha value is -0.120. The summed E-state index contributed by atoms with van der Waals surface area (Å²) in [6.07, 6.45) is 5.77. The first-order chi connectivity index (χ1) is 7.18. The monoisotopic (exact) mass is 213 g/mol. The van der Waals surface area contributed by atoms with E-state index in [0.29, 0.717) is 6.10 Å². The van der Waals surface area contributed by atoms with Gasteiger partial charge in [0.05, 0.1) is 11.7 Å². The number of rotatable bonds is 2. The zero-order chi connectivity index (χ0) is 10.7. The zero-order valence-corrected chi connectivity index (χ0v) is 9.74. The van der Waals surface area contributed by atoms with Crippen molar-refractivity contribution in [3.8, 4) is 0 Å². The van der Waals surface area contributed by atoms with Crippen LogP contribution in [0.2, 0.25) is 0 Å². The molecule has 0 aromatic carbocycles. The molecule has 2 aliphatic rings. The van der Waals surface area contributed by atoms with Crippen molar-refractivity contribution in [1.29, 1.82) is 0 Å². The van der Waals surface area contributed by atoms with Gasteiger partial charge < -0.3 is 9.84 Å². The number of hydrogen-bond donors (Lipinski definition) is 1. The third kappa shape index (κ3) is 3.16. The SMILES string of the molecule is CC1CN(CC2(O)CCCC2)CCCO1. The molecule has 1 heterocycles. The first-order valence-electron chi connectivity index (χ1n) is 6.24. The molecule has 0 spiro atoms. The summed E-state index contributed by atoms with van der Waals surface area (Å²) in [5, 5.41) is 10.3. The molecule has 3 nitrogen and oxygen atoms in total. The Morgan fingerprint density at radius 2 is 2.07 bits per heavy atom. The van der Waals surface area contributed by atoms with Crippen LogP contribution < -0.4 is 0 Å². The van der Waals surface area contributed by atoms with Gasteiger partial charge in [0.15, 0.2) is 0 Å². The highest BCUT2D eigenvalue weighted by atomic mass is 16.5. The number of hydrogen-bond acceptors (Lipinski definition) is 3. The molecule has 1 saturated carbocycles. The van der Waals surface area contributed by atoms with Gasteiger partial charge in [-0.05, 0) is 26.2 Å². The highest BCUT2D eigenvalue weighted by Gasteiger charge is 2.33. The summed E-state index contributed by atoms with van der Waals surface area (Å²) in [5.74, 6) is 0. The maximum Gasteiger partial charge on any atom is 0.0774 e. The van der Waals surface area contributed by atoms with Crippen molar-refractivity contribution < 1.29 is 9.84 Å². The molecule has 2 fully saturated rings. The lowest BCUT2D eigenvalue weighted by atomic mass is 10.0. The largest absolute Gasteiger partial charge is 0.389 e. The Labute approximate surface area is 92.4 Å². The Kier molecular flexibility index (Phi) is 3.65. The van der Waals surface area contributed by atoms with Gasteiger partial charge >= 0.3 is 0 Å². The molecule has 0 amide bonds. The van der Waals surface area contributed by atoms with Crippen LogP contribution in [0.1, 0.15) is 39.0 Å². The fourth-order valence-electron chi connectivity index (χ4n) is 2.83. The first-order valence-corrected chi connectivity index (χ1v) is 6.24. The van der Waals surface area contributed by atoms with Gasteiger partial charge in [0.1, 0.15) is 0 Å². The number of nitrogens with zero attached hydrogens (tertiary/aromatic N) is 1. The molecule has 15 heavy (non-hydrogen) atoms. The first kappa shape index (κ1) is 11.4. The van der Waals surface area contributed by atoms with E-state index in [9.17, 15) is 5.11 Å². The summed E-state index contributed by atoms with van der Waals surface area (Å²) in [6, 6.07) is 0. The van der Waals surface area contributed by atoms with Crippen molar-refractivity contribution >= 4 is 0 Å². The van der Waals surface area contributed by atoms with Crippen LogP contribution in [0.15, 0.2) is 0 Å².